The quantitative estimate of drug-likeness (QED) is 0.909. The number of anilines is 1. The monoisotopic (exact) mass is 312 g/mol. The second kappa shape index (κ2) is 4.19. The van der Waals surface area contributed by atoms with Gasteiger partial charge in [-0.25, -0.2) is 13.4 Å². The van der Waals surface area contributed by atoms with Crippen molar-refractivity contribution in [2.45, 2.75) is 24.3 Å². The number of nitrogens with two attached hydrogens (primary N) is 1. The molecule has 4 rings (SSSR count). The number of hydrogen-bond donors (Lipinski definition) is 1. The Bertz CT molecular complexity index is 752. The lowest BCUT2D eigenvalue weighted by Crippen LogP contribution is -2.31. The Morgan fingerprint density at radius 1 is 1.30 bits per heavy atom. The van der Waals surface area contributed by atoms with Gasteiger partial charge in [-0.3, -0.25) is 4.40 Å². The number of thiazole rings is 1. The van der Waals surface area contributed by atoms with Crippen LogP contribution in [0.1, 0.15) is 19.3 Å². The molecule has 0 spiro atoms. The Balaban J connectivity index is 1.77. The van der Waals surface area contributed by atoms with Crippen molar-refractivity contribution in [1.82, 2.24) is 13.7 Å². The number of hydrogen-bond acceptors (Lipinski definition) is 5. The molecule has 1 saturated heterocycles. The molecule has 0 amide bonds. The number of nitrogen functional groups attached to an aromatic ring is 1. The predicted octanol–water partition coefficient (Wildman–Crippen LogP) is 1.40. The van der Waals surface area contributed by atoms with E-state index < -0.39 is 10.0 Å². The number of sulfonamides is 1. The molecular weight excluding hydrogens is 296 g/mol. The van der Waals surface area contributed by atoms with E-state index in [4.69, 9.17) is 5.73 Å². The van der Waals surface area contributed by atoms with Crippen molar-refractivity contribution in [2.75, 3.05) is 18.8 Å². The maximum atomic E-state index is 12.8. The molecule has 2 aromatic heterocycles. The van der Waals surface area contributed by atoms with Gasteiger partial charge in [0.05, 0.1) is 0 Å². The van der Waals surface area contributed by atoms with Crippen LogP contribution in [-0.4, -0.2) is 35.2 Å². The van der Waals surface area contributed by atoms with Gasteiger partial charge in [0.2, 0.25) is 0 Å². The third kappa shape index (κ3) is 1.64. The first kappa shape index (κ1) is 12.6. The van der Waals surface area contributed by atoms with E-state index in [-0.39, 0.29) is 10.8 Å². The van der Waals surface area contributed by atoms with Crippen molar-refractivity contribution in [3.63, 3.8) is 0 Å². The minimum atomic E-state index is -3.55. The van der Waals surface area contributed by atoms with Crippen LogP contribution in [0.4, 0.5) is 5.82 Å². The van der Waals surface area contributed by atoms with Crippen LogP contribution in [0.25, 0.3) is 4.96 Å². The molecule has 1 saturated carbocycles. The number of fused-ring (bicyclic) bond motifs is 2. The fraction of sp³-hybridized carbons (Fsp3) is 0.583. The number of aromatic nitrogens is 2. The van der Waals surface area contributed by atoms with Crippen molar-refractivity contribution in [3.8, 4) is 0 Å². The lowest BCUT2D eigenvalue weighted by atomic mass is 10.0. The molecule has 1 aliphatic heterocycles. The summed E-state index contributed by atoms with van der Waals surface area (Å²) in [5.74, 6) is 1.16. The van der Waals surface area contributed by atoms with Crippen LogP contribution < -0.4 is 5.73 Å². The second-order valence-corrected chi connectivity index (χ2v) is 8.36. The average molecular weight is 312 g/mol. The second-order valence-electron chi connectivity index (χ2n) is 5.63. The molecule has 1 aliphatic carbocycles. The predicted molar refractivity (Wildman–Crippen MR) is 77.1 cm³/mol. The summed E-state index contributed by atoms with van der Waals surface area (Å²) in [5, 5.41) is 1.95. The zero-order valence-electron chi connectivity index (χ0n) is 10.9. The van der Waals surface area contributed by atoms with E-state index in [0.717, 1.165) is 12.8 Å². The van der Waals surface area contributed by atoms with Crippen LogP contribution in [0.5, 0.6) is 0 Å². The first-order valence-electron chi connectivity index (χ1n) is 6.78. The van der Waals surface area contributed by atoms with Gasteiger partial charge in [-0.1, -0.05) is 6.42 Å². The first-order chi connectivity index (χ1) is 9.57. The summed E-state index contributed by atoms with van der Waals surface area (Å²) >= 11 is 1.39. The molecule has 2 atom stereocenters. The average Bonchev–Trinajstić information content (AvgIpc) is 3.03. The Morgan fingerprint density at radius 2 is 2.00 bits per heavy atom. The van der Waals surface area contributed by atoms with Crippen LogP contribution in [0, 0.1) is 11.8 Å². The zero-order valence-corrected chi connectivity index (χ0v) is 12.5. The van der Waals surface area contributed by atoms with E-state index in [1.165, 1.54) is 17.8 Å². The molecule has 8 heteroatoms. The van der Waals surface area contributed by atoms with Crippen molar-refractivity contribution in [2.24, 2.45) is 11.8 Å². The Hall–Kier alpha value is -1.12. The molecule has 2 unspecified atom stereocenters. The number of rotatable bonds is 2. The van der Waals surface area contributed by atoms with Gasteiger partial charge in [0.25, 0.3) is 10.0 Å². The summed E-state index contributed by atoms with van der Waals surface area (Å²) in [6.07, 6.45) is 5.23. The van der Waals surface area contributed by atoms with Crippen LogP contribution in [-0.2, 0) is 10.0 Å². The number of nitrogens with zero attached hydrogens (tertiary/aromatic N) is 3. The molecule has 2 fully saturated rings. The first-order valence-corrected chi connectivity index (χ1v) is 9.10. The summed E-state index contributed by atoms with van der Waals surface area (Å²) in [6.45, 7) is 1.26. The third-order valence-corrected chi connectivity index (χ3v) is 7.15. The van der Waals surface area contributed by atoms with Gasteiger partial charge < -0.3 is 5.73 Å². The third-order valence-electron chi connectivity index (χ3n) is 4.52. The van der Waals surface area contributed by atoms with E-state index in [1.807, 2.05) is 5.38 Å². The molecule has 2 aromatic rings. The van der Waals surface area contributed by atoms with E-state index in [2.05, 4.69) is 4.98 Å². The van der Waals surface area contributed by atoms with Gasteiger partial charge in [-0.2, -0.15) is 4.31 Å². The smallest absolute Gasteiger partial charge is 0.262 e. The standard InChI is InChI=1S/C12H16N4O2S2/c13-10-11(16-4-5-19-12(16)14-10)20(17,18)15-6-8-2-1-3-9(8)7-15/h4-5,8-9H,1-3,6-7,13H2. The maximum Gasteiger partial charge on any atom is 0.262 e. The molecule has 0 radical (unpaired) electrons. The highest BCUT2D eigenvalue weighted by molar-refractivity contribution is 7.89. The molecular formula is C12H16N4O2S2. The highest BCUT2D eigenvalue weighted by Crippen LogP contribution is 2.40. The normalized spacial score (nSPS) is 27.4. The van der Waals surface area contributed by atoms with Crippen molar-refractivity contribution >= 4 is 32.1 Å². The summed E-state index contributed by atoms with van der Waals surface area (Å²) in [6, 6.07) is 0. The molecule has 108 valence electrons. The molecule has 0 bridgehead atoms. The Morgan fingerprint density at radius 3 is 2.70 bits per heavy atom. The number of imidazole rings is 1. The van der Waals surface area contributed by atoms with E-state index in [0.29, 0.717) is 29.9 Å². The van der Waals surface area contributed by atoms with Gasteiger partial charge in [0.15, 0.2) is 15.8 Å². The minimum absolute atomic E-state index is 0.105. The van der Waals surface area contributed by atoms with Crippen LogP contribution in [0.15, 0.2) is 16.6 Å². The van der Waals surface area contributed by atoms with Crippen molar-refractivity contribution in [1.29, 1.82) is 0 Å². The van der Waals surface area contributed by atoms with Gasteiger partial charge in [-0.05, 0) is 24.7 Å². The Kier molecular flexibility index (Phi) is 2.64. The fourth-order valence-electron chi connectivity index (χ4n) is 3.55. The zero-order chi connectivity index (χ0) is 13.9. The van der Waals surface area contributed by atoms with Crippen molar-refractivity contribution in [3.05, 3.63) is 11.6 Å². The van der Waals surface area contributed by atoms with Crippen LogP contribution in [0.3, 0.4) is 0 Å². The summed E-state index contributed by atoms with van der Waals surface area (Å²) in [4.78, 5) is 4.76. The fourth-order valence-corrected chi connectivity index (χ4v) is 6.05. The lowest BCUT2D eigenvalue weighted by molar-refractivity contribution is 0.443. The summed E-state index contributed by atoms with van der Waals surface area (Å²) in [5.41, 5.74) is 5.84. The van der Waals surface area contributed by atoms with E-state index >= 15 is 0 Å². The van der Waals surface area contributed by atoms with E-state index in [9.17, 15) is 8.42 Å². The highest BCUT2D eigenvalue weighted by Gasteiger charge is 2.43. The Labute approximate surface area is 121 Å². The molecule has 3 heterocycles. The van der Waals surface area contributed by atoms with Gasteiger partial charge in [-0.15, -0.1) is 11.3 Å². The van der Waals surface area contributed by atoms with Gasteiger partial charge in [0, 0.05) is 24.7 Å². The molecule has 2 N–H and O–H groups in total. The topological polar surface area (TPSA) is 80.7 Å². The van der Waals surface area contributed by atoms with E-state index in [1.54, 1.807) is 14.9 Å². The minimum Gasteiger partial charge on any atom is -0.381 e. The molecule has 20 heavy (non-hydrogen) atoms. The molecule has 2 aliphatic rings. The molecule has 0 aromatic carbocycles. The SMILES string of the molecule is Nc1nc2sccn2c1S(=O)(=O)N1CC2CCCC2C1. The maximum absolute atomic E-state index is 12.8. The van der Waals surface area contributed by atoms with Crippen LogP contribution in [0.2, 0.25) is 0 Å². The molecule has 6 nitrogen and oxygen atoms in total. The largest absolute Gasteiger partial charge is 0.381 e. The summed E-state index contributed by atoms with van der Waals surface area (Å²) < 4.78 is 28.9. The van der Waals surface area contributed by atoms with Gasteiger partial charge in [0.1, 0.15) is 0 Å². The van der Waals surface area contributed by atoms with Crippen molar-refractivity contribution < 1.29 is 8.42 Å². The summed E-state index contributed by atoms with van der Waals surface area (Å²) in [7, 11) is -3.55. The van der Waals surface area contributed by atoms with Gasteiger partial charge >= 0.3 is 0 Å². The van der Waals surface area contributed by atoms with Crippen LogP contribution >= 0.6 is 11.3 Å². The highest BCUT2D eigenvalue weighted by atomic mass is 32.2. The lowest BCUT2D eigenvalue weighted by Gasteiger charge is -2.16.